The molecule has 0 aliphatic rings. The largest absolute Gasteiger partial charge is 0.238 e. The van der Waals surface area contributed by atoms with Crippen LogP contribution in [0.3, 0.4) is 0 Å². The molecule has 0 radical (unpaired) electrons. The zero-order chi connectivity index (χ0) is 9.56. The van der Waals surface area contributed by atoms with Gasteiger partial charge in [-0.25, -0.2) is 17.6 Å². The molecule has 1 unspecified atom stereocenters. The van der Waals surface area contributed by atoms with Crippen molar-refractivity contribution in [3.63, 3.8) is 0 Å². The summed E-state index contributed by atoms with van der Waals surface area (Å²) in [6.07, 6.45) is -2.36. The fourth-order valence-electron chi connectivity index (χ4n) is 1.11. The molecule has 0 bridgehead atoms. The van der Waals surface area contributed by atoms with Crippen molar-refractivity contribution in [1.82, 2.24) is 0 Å². The normalized spacial score (nSPS) is 16.2. The highest BCUT2D eigenvalue weighted by atomic mass is 28.2. The molecular formula is C6H14F4Si2. The molecule has 0 nitrogen and oxygen atoms in total. The molecule has 0 rings (SSSR count). The summed E-state index contributed by atoms with van der Waals surface area (Å²) in [5, 5.41) is 0. The van der Waals surface area contributed by atoms with Gasteiger partial charge in [0.25, 0.3) is 0 Å². The SMILES string of the molecule is CC[SiH2]C(C[SiH2]C(F)F)C(F)F. The van der Waals surface area contributed by atoms with Crippen LogP contribution in [0, 0.1) is 0 Å². The van der Waals surface area contributed by atoms with E-state index in [4.69, 9.17) is 0 Å². The van der Waals surface area contributed by atoms with E-state index in [0.29, 0.717) is 0 Å². The van der Waals surface area contributed by atoms with Gasteiger partial charge in [-0.05, 0) is 0 Å². The molecule has 0 aromatic heterocycles. The van der Waals surface area contributed by atoms with Crippen LogP contribution in [0.2, 0.25) is 17.6 Å². The molecule has 0 heterocycles. The van der Waals surface area contributed by atoms with Crippen molar-refractivity contribution < 1.29 is 17.6 Å². The van der Waals surface area contributed by atoms with Crippen LogP contribution in [0.5, 0.6) is 0 Å². The van der Waals surface area contributed by atoms with Crippen LogP contribution in [0.25, 0.3) is 0 Å². The van der Waals surface area contributed by atoms with E-state index < -0.39 is 37.1 Å². The van der Waals surface area contributed by atoms with Crippen LogP contribution in [0.4, 0.5) is 17.6 Å². The van der Waals surface area contributed by atoms with Crippen LogP contribution in [0.15, 0.2) is 0 Å². The Kier molecular flexibility index (Phi) is 6.73. The van der Waals surface area contributed by atoms with Crippen molar-refractivity contribution in [3.8, 4) is 0 Å². The third-order valence-electron chi connectivity index (χ3n) is 1.77. The summed E-state index contributed by atoms with van der Waals surface area (Å²) in [6.45, 7) is 1.85. The van der Waals surface area contributed by atoms with E-state index in [1.165, 1.54) is 0 Å². The summed E-state index contributed by atoms with van der Waals surface area (Å²) >= 11 is 0. The van der Waals surface area contributed by atoms with Crippen LogP contribution >= 0.6 is 0 Å². The van der Waals surface area contributed by atoms with Gasteiger partial charge in [0, 0.05) is 15.1 Å². The van der Waals surface area contributed by atoms with Gasteiger partial charge in [-0.15, -0.1) is 0 Å². The van der Waals surface area contributed by atoms with Gasteiger partial charge in [-0.1, -0.05) is 19.0 Å². The summed E-state index contributed by atoms with van der Waals surface area (Å²) in [6, 6.07) is -1.38. The van der Waals surface area contributed by atoms with Crippen molar-refractivity contribution in [2.45, 2.75) is 37.0 Å². The molecule has 1 atom stereocenters. The van der Waals surface area contributed by atoms with E-state index in [1.54, 1.807) is 0 Å². The third-order valence-corrected chi connectivity index (χ3v) is 6.18. The first kappa shape index (κ1) is 12.2. The number of hydrogen-bond donors (Lipinski definition) is 0. The maximum Gasteiger partial charge on any atom is 0.238 e. The zero-order valence-electron chi connectivity index (χ0n) is 7.07. The fraction of sp³-hybridized carbons (Fsp3) is 1.00. The molecule has 12 heavy (non-hydrogen) atoms. The van der Waals surface area contributed by atoms with Gasteiger partial charge in [0.05, 0.1) is 0 Å². The number of rotatable bonds is 6. The van der Waals surface area contributed by atoms with Gasteiger partial charge in [0.1, 0.15) is 9.52 Å². The topological polar surface area (TPSA) is 0 Å². The van der Waals surface area contributed by atoms with E-state index >= 15 is 0 Å². The maximum atomic E-state index is 12.1. The lowest BCUT2D eigenvalue weighted by Crippen LogP contribution is -2.17. The predicted octanol–water partition coefficient (Wildman–Crippen LogP) is 1.46. The van der Waals surface area contributed by atoms with Crippen LogP contribution in [-0.2, 0) is 0 Å². The van der Waals surface area contributed by atoms with Crippen molar-refractivity contribution in [2.24, 2.45) is 0 Å². The van der Waals surface area contributed by atoms with Gasteiger partial charge < -0.3 is 0 Å². The Balaban J connectivity index is 3.63. The molecule has 0 aromatic carbocycles. The highest BCUT2D eigenvalue weighted by molar-refractivity contribution is 6.44. The Morgan fingerprint density at radius 1 is 1.08 bits per heavy atom. The molecule has 0 amide bonds. The average molecular weight is 218 g/mol. The molecule has 0 N–H and O–H groups in total. The third kappa shape index (κ3) is 5.76. The first-order chi connectivity index (χ1) is 5.57. The standard InChI is InChI=1S/C6H14F4Si2/c1-2-11-4(5(7)8)3-12-6(9)10/h4-6H,2-3,11-12H2,1H3. The Morgan fingerprint density at radius 3 is 2.00 bits per heavy atom. The Bertz CT molecular complexity index is 110. The summed E-state index contributed by atoms with van der Waals surface area (Å²) in [7, 11) is -2.35. The number of alkyl halides is 4. The van der Waals surface area contributed by atoms with E-state index in [2.05, 4.69) is 0 Å². The summed E-state index contributed by atoms with van der Waals surface area (Å²) in [5.74, 6) is 0. The van der Waals surface area contributed by atoms with Gasteiger partial charge in [-0.3, -0.25) is 0 Å². The van der Waals surface area contributed by atoms with Crippen molar-refractivity contribution >= 4 is 19.0 Å². The lowest BCUT2D eigenvalue weighted by Gasteiger charge is -2.13. The van der Waals surface area contributed by atoms with Crippen LogP contribution < -0.4 is 0 Å². The molecule has 0 aliphatic heterocycles. The second kappa shape index (κ2) is 6.65. The van der Waals surface area contributed by atoms with Gasteiger partial charge in [-0.2, -0.15) is 0 Å². The number of hydrogen-bond acceptors (Lipinski definition) is 0. The van der Waals surface area contributed by atoms with Crippen LogP contribution in [0.1, 0.15) is 6.92 Å². The molecule has 0 spiro atoms. The van der Waals surface area contributed by atoms with Gasteiger partial charge >= 0.3 is 0 Å². The Labute approximate surface area is 74.4 Å². The zero-order valence-corrected chi connectivity index (χ0v) is 9.90. The highest BCUT2D eigenvalue weighted by Gasteiger charge is 2.21. The molecule has 0 aromatic rings. The number of halogens is 4. The molecule has 6 heteroatoms. The minimum absolute atomic E-state index is 0.134. The van der Waals surface area contributed by atoms with Crippen molar-refractivity contribution in [3.05, 3.63) is 0 Å². The van der Waals surface area contributed by atoms with E-state index in [0.717, 1.165) is 6.04 Å². The fourth-order valence-corrected chi connectivity index (χ4v) is 4.89. The van der Waals surface area contributed by atoms with E-state index in [9.17, 15) is 17.6 Å². The molecule has 74 valence electrons. The molecular weight excluding hydrogens is 204 g/mol. The predicted molar refractivity (Wildman–Crippen MR) is 48.1 cm³/mol. The van der Waals surface area contributed by atoms with Crippen molar-refractivity contribution in [1.29, 1.82) is 0 Å². The first-order valence-corrected chi connectivity index (χ1v) is 7.77. The Hall–Kier alpha value is 0.154. The first-order valence-electron chi connectivity index (χ1n) is 4.14. The summed E-state index contributed by atoms with van der Waals surface area (Å²) in [4.78, 5) is 0. The summed E-state index contributed by atoms with van der Waals surface area (Å²) in [5.41, 5.74) is -0.643. The van der Waals surface area contributed by atoms with Crippen LogP contribution in [-0.4, -0.2) is 31.5 Å². The highest BCUT2D eigenvalue weighted by Crippen LogP contribution is 2.21. The summed E-state index contributed by atoms with van der Waals surface area (Å²) < 4.78 is 47.8. The molecule has 0 saturated heterocycles. The lowest BCUT2D eigenvalue weighted by atomic mass is 10.5. The minimum atomic E-state index is -2.36. The van der Waals surface area contributed by atoms with E-state index in [1.807, 2.05) is 6.92 Å². The van der Waals surface area contributed by atoms with E-state index in [-0.39, 0.29) is 6.04 Å². The second-order valence-corrected chi connectivity index (χ2v) is 7.25. The van der Waals surface area contributed by atoms with Crippen molar-refractivity contribution in [2.75, 3.05) is 0 Å². The molecule has 0 saturated carbocycles. The lowest BCUT2D eigenvalue weighted by molar-refractivity contribution is 0.142. The Morgan fingerprint density at radius 2 is 1.67 bits per heavy atom. The van der Waals surface area contributed by atoms with Gasteiger partial charge in [0.15, 0.2) is 0 Å². The minimum Gasteiger partial charge on any atom is -0.216 e. The maximum absolute atomic E-state index is 12.1. The average Bonchev–Trinajstić information content (AvgIpc) is 1.96. The monoisotopic (exact) mass is 218 g/mol. The smallest absolute Gasteiger partial charge is 0.216 e. The quantitative estimate of drug-likeness (QED) is 0.468. The second-order valence-electron chi connectivity index (χ2n) is 2.85. The molecule has 0 aliphatic carbocycles. The van der Waals surface area contributed by atoms with Gasteiger partial charge in [0.2, 0.25) is 12.5 Å². The molecule has 0 fully saturated rings.